The molecule has 9 heteroatoms. The van der Waals surface area contributed by atoms with Crippen molar-refractivity contribution in [3.8, 4) is 6.07 Å². The van der Waals surface area contributed by atoms with Gasteiger partial charge >= 0.3 is 0 Å². The summed E-state index contributed by atoms with van der Waals surface area (Å²) in [5, 5.41) is 26.1. The third-order valence-corrected chi connectivity index (χ3v) is 3.64. The van der Waals surface area contributed by atoms with E-state index in [9.17, 15) is 14.9 Å². The maximum Gasteiger partial charge on any atom is 0.270 e. The highest BCUT2D eigenvalue weighted by atomic mass is 127. The fourth-order valence-electron chi connectivity index (χ4n) is 1.64. The summed E-state index contributed by atoms with van der Waals surface area (Å²) in [6, 6.07) is 5.91. The largest absolute Gasteiger partial charge is 0.306 e. The maximum atomic E-state index is 12.2. The molecular weight excluding hydrogens is 389 g/mol. The van der Waals surface area contributed by atoms with Crippen LogP contribution >= 0.6 is 22.6 Å². The molecule has 0 bridgehead atoms. The Morgan fingerprint density at radius 1 is 1.57 bits per heavy atom. The third kappa shape index (κ3) is 3.00. The zero-order valence-electron chi connectivity index (χ0n) is 10.7. The highest BCUT2D eigenvalue weighted by molar-refractivity contribution is 14.1. The number of aryl methyl sites for hydroxylation is 1. The minimum Gasteiger partial charge on any atom is -0.306 e. The Morgan fingerprint density at radius 3 is 2.90 bits per heavy atom. The van der Waals surface area contributed by atoms with E-state index in [4.69, 9.17) is 5.26 Å². The van der Waals surface area contributed by atoms with Crippen LogP contribution in [-0.2, 0) is 7.05 Å². The van der Waals surface area contributed by atoms with E-state index in [1.54, 1.807) is 7.05 Å². The number of amides is 1. The van der Waals surface area contributed by atoms with E-state index in [-0.39, 0.29) is 22.6 Å². The lowest BCUT2D eigenvalue weighted by molar-refractivity contribution is -0.384. The molecule has 106 valence electrons. The summed E-state index contributed by atoms with van der Waals surface area (Å²) >= 11 is 1.91. The number of nitro benzene ring substituents is 1. The molecule has 1 aromatic carbocycles. The molecule has 0 saturated heterocycles. The second-order valence-electron chi connectivity index (χ2n) is 4.02. The van der Waals surface area contributed by atoms with Crippen molar-refractivity contribution in [3.63, 3.8) is 0 Å². The summed E-state index contributed by atoms with van der Waals surface area (Å²) < 4.78 is 1.91. The van der Waals surface area contributed by atoms with Crippen molar-refractivity contribution in [2.75, 3.05) is 5.32 Å². The van der Waals surface area contributed by atoms with Crippen molar-refractivity contribution >= 4 is 40.0 Å². The molecule has 8 nitrogen and oxygen atoms in total. The number of rotatable bonds is 3. The van der Waals surface area contributed by atoms with Gasteiger partial charge in [0.15, 0.2) is 0 Å². The van der Waals surface area contributed by atoms with E-state index in [2.05, 4.69) is 10.4 Å². The molecule has 0 aliphatic heterocycles. The minimum absolute atomic E-state index is 0.162. The first-order valence-corrected chi connectivity index (χ1v) is 6.69. The highest BCUT2D eigenvalue weighted by Crippen LogP contribution is 2.21. The Balaban J connectivity index is 2.37. The van der Waals surface area contributed by atoms with Gasteiger partial charge in [-0.1, -0.05) is 0 Å². The standard InChI is InChI=1S/C12H8IN5O3/c1-17-11(7(5-14)6-15-17)16-12(19)9-4-8(18(20)21)2-3-10(9)13/h2-4,6H,1H3,(H,16,19). The third-order valence-electron chi connectivity index (χ3n) is 2.70. The molecule has 0 unspecified atom stereocenters. The second kappa shape index (κ2) is 5.88. The summed E-state index contributed by atoms with van der Waals surface area (Å²) in [6.45, 7) is 0. The molecule has 1 aromatic heterocycles. The van der Waals surface area contributed by atoms with Crippen LogP contribution in [0.5, 0.6) is 0 Å². The topological polar surface area (TPSA) is 114 Å². The van der Waals surface area contributed by atoms with E-state index in [0.717, 1.165) is 0 Å². The molecule has 0 aliphatic rings. The molecule has 2 aromatic rings. The van der Waals surface area contributed by atoms with Gasteiger partial charge in [-0.3, -0.25) is 19.6 Å². The van der Waals surface area contributed by atoms with Gasteiger partial charge in [0.2, 0.25) is 0 Å². The molecular formula is C12H8IN5O3. The number of aromatic nitrogens is 2. The van der Waals surface area contributed by atoms with Gasteiger partial charge in [0.05, 0.1) is 16.7 Å². The summed E-state index contributed by atoms with van der Waals surface area (Å²) in [6.07, 6.45) is 1.33. The summed E-state index contributed by atoms with van der Waals surface area (Å²) in [4.78, 5) is 22.4. The van der Waals surface area contributed by atoms with Crippen LogP contribution in [0.15, 0.2) is 24.4 Å². The first-order chi connectivity index (χ1) is 9.93. The van der Waals surface area contributed by atoms with Gasteiger partial charge in [-0.2, -0.15) is 10.4 Å². The van der Waals surface area contributed by atoms with E-state index in [1.165, 1.54) is 29.1 Å². The number of nitrogens with zero attached hydrogens (tertiary/aromatic N) is 4. The molecule has 0 radical (unpaired) electrons. The fourth-order valence-corrected chi connectivity index (χ4v) is 2.22. The Morgan fingerprint density at radius 2 is 2.29 bits per heavy atom. The van der Waals surface area contributed by atoms with E-state index < -0.39 is 10.8 Å². The zero-order valence-corrected chi connectivity index (χ0v) is 12.9. The van der Waals surface area contributed by atoms with Crippen molar-refractivity contribution in [2.45, 2.75) is 0 Å². The molecule has 1 N–H and O–H groups in total. The zero-order chi connectivity index (χ0) is 15.6. The summed E-state index contributed by atoms with van der Waals surface area (Å²) in [5.74, 6) is -0.298. The monoisotopic (exact) mass is 397 g/mol. The van der Waals surface area contributed by atoms with Crippen molar-refractivity contribution < 1.29 is 9.72 Å². The van der Waals surface area contributed by atoms with E-state index >= 15 is 0 Å². The first-order valence-electron chi connectivity index (χ1n) is 5.61. The van der Waals surface area contributed by atoms with Gasteiger partial charge in [0.25, 0.3) is 11.6 Å². The van der Waals surface area contributed by atoms with Crippen molar-refractivity contribution in [2.24, 2.45) is 7.05 Å². The summed E-state index contributed by atoms with van der Waals surface area (Å²) in [5.41, 5.74) is 0.201. The number of hydrogen-bond donors (Lipinski definition) is 1. The van der Waals surface area contributed by atoms with Crippen LogP contribution in [-0.4, -0.2) is 20.6 Å². The predicted octanol–water partition coefficient (Wildman–Crippen LogP) is 2.06. The van der Waals surface area contributed by atoms with Crippen LogP contribution in [0.3, 0.4) is 0 Å². The average molecular weight is 397 g/mol. The minimum atomic E-state index is -0.572. The van der Waals surface area contributed by atoms with Crippen LogP contribution in [0.25, 0.3) is 0 Å². The molecule has 0 aliphatic carbocycles. The molecule has 1 heterocycles. The normalized spacial score (nSPS) is 9.95. The number of anilines is 1. The van der Waals surface area contributed by atoms with E-state index in [0.29, 0.717) is 3.57 Å². The second-order valence-corrected chi connectivity index (χ2v) is 5.18. The van der Waals surface area contributed by atoms with Gasteiger partial charge < -0.3 is 5.32 Å². The Bertz CT molecular complexity index is 778. The fraction of sp³-hybridized carbons (Fsp3) is 0.0833. The number of hydrogen-bond acceptors (Lipinski definition) is 5. The number of nitro groups is 1. The SMILES string of the molecule is Cn1ncc(C#N)c1NC(=O)c1cc([N+](=O)[O-])ccc1I. The molecule has 0 fully saturated rings. The average Bonchev–Trinajstić information content (AvgIpc) is 2.79. The van der Waals surface area contributed by atoms with E-state index in [1.807, 2.05) is 28.7 Å². The number of carbonyl (C=O) groups is 1. The Kier molecular flexibility index (Phi) is 4.18. The number of nitriles is 1. The van der Waals surface area contributed by atoms with Crippen LogP contribution in [0.2, 0.25) is 0 Å². The van der Waals surface area contributed by atoms with Crippen LogP contribution in [0, 0.1) is 25.0 Å². The number of non-ortho nitro benzene ring substituents is 1. The molecule has 1 amide bonds. The highest BCUT2D eigenvalue weighted by Gasteiger charge is 2.18. The Labute approximate surface area is 132 Å². The Hall–Kier alpha value is -2.48. The molecule has 0 saturated carbocycles. The van der Waals surface area contributed by atoms with Gasteiger partial charge in [-0.15, -0.1) is 0 Å². The molecule has 21 heavy (non-hydrogen) atoms. The number of nitrogens with one attached hydrogen (secondary N) is 1. The quantitative estimate of drug-likeness (QED) is 0.484. The van der Waals surface area contributed by atoms with Gasteiger partial charge in [-0.05, 0) is 28.7 Å². The van der Waals surface area contributed by atoms with Crippen LogP contribution in [0.1, 0.15) is 15.9 Å². The van der Waals surface area contributed by atoms with Crippen molar-refractivity contribution in [1.82, 2.24) is 9.78 Å². The number of halogens is 1. The smallest absolute Gasteiger partial charge is 0.270 e. The lowest BCUT2D eigenvalue weighted by Crippen LogP contribution is -2.16. The number of benzene rings is 1. The molecule has 0 spiro atoms. The predicted molar refractivity (Wildman–Crippen MR) is 81.7 cm³/mol. The maximum absolute atomic E-state index is 12.2. The van der Waals surface area contributed by atoms with Gasteiger partial charge in [-0.25, -0.2) is 0 Å². The van der Waals surface area contributed by atoms with Crippen molar-refractivity contribution in [1.29, 1.82) is 5.26 Å². The van der Waals surface area contributed by atoms with Gasteiger partial charge in [0, 0.05) is 22.8 Å². The summed E-state index contributed by atoms with van der Waals surface area (Å²) in [7, 11) is 1.58. The van der Waals surface area contributed by atoms with Gasteiger partial charge in [0.1, 0.15) is 17.5 Å². The van der Waals surface area contributed by atoms with Crippen LogP contribution < -0.4 is 5.32 Å². The van der Waals surface area contributed by atoms with Crippen LogP contribution in [0.4, 0.5) is 11.5 Å². The lowest BCUT2D eigenvalue weighted by atomic mass is 10.2. The molecule has 2 rings (SSSR count). The lowest BCUT2D eigenvalue weighted by Gasteiger charge is -2.07. The molecule has 0 atom stereocenters. The number of carbonyl (C=O) groups excluding carboxylic acids is 1. The first kappa shape index (κ1) is 14.9. The van der Waals surface area contributed by atoms with Crippen molar-refractivity contribution in [3.05, 3.63) is 49.2 Å².